The number of fused-ring (bicyclic) bond motifs is 1. The van der Waals surface area contributed by atoms with Gasteiger partial charge in [-0.05, 0) is 80.1 Å². The van der Waals surface area contributed by atoms with Crippen LogP contribution in [0.25, 0.3) is 22.2 Å². The van der Waals surface area contributed by atoms with E-state index in [9.17, 15) is 4.79 Å². The summed E-state index contributed by atoms with van der Waals surface area (Å²) in [6.45, 7) is 4.18. The van der Waals surface area contributed by atoms with Gasteiger partial charge in [0.25, 0.3) is 5.91 Å². The molecule has 5 rings (SSSR count). The van der Waals surface area contributed by atoms with Gasteiger partial charge in [-0.15, -0.1) is 0 Å². The summed E-state index contributed by atoms with van der Waals surface area (Å²) >= 11 is 0. The number of anilines is 1. The lowest BCUT2D eigenvalue weighted by molar-refractivity contribution is 0.102. The number of aromatic nitrogens is 1. The van der Waals surface area contributed by atoms with Gasteiger partial charge in [0.1, 0.15) is 18.1 Å². The lowest BCUT2D eigenvalue weighted by Gasteiger charge is -2.12. The molecule has 0 bridgehead atoms. The summed E-state index contributed by atoms with van der Waals surface area (Å²) in [5, 5.41) is 7.27. The minimum Gasteiger partial charge on any atom is -0.497 e. The number of ether oxygens (including phenoxy) is 2. The maximum absolute atomic E-state index is 13.4. The van der Waals surface area contributed by atoms with Gasteiger partial charge in [0, 0.05) is 23.2 Å². The first kappa shape index (κ1) is 26.9. The Labute approximate surface area is 235 Å². The summed E-state index contributed by atoms with van der Waals surface area (Å²) in [7, 11) is 1.67. The first-order valence-electron chi connectivity index (χ1n) is 13.4. The number of methoxy groups -OCH3 is 1. The van der Waals surface area contributed by atoms with Gasteiger partial charge in [0.2, 0.25) is 0 Å². The number of hydrogen-bond acceptors (Lipinski definition) is 5. The SMILES string of the molecule is COc1ccc(CCNCCOc2ccc(NC(=O)c3cc(-c4ccccc4)nc4ccc(C)cc34)cc2)cc1. The average molecular weight is 532 g/mol. The fraction of sp³-hybridized carbons (Fsp3) is 0.176. The monoisotopic (exact) mass is 531 g/mol. The number of pyridine rings is 1. The second kappa shape index (κ2) is 12.9. The Balaban J connectivity index is 1.17. The standard InChI is InChI=1S/C34H33N3O3/c1-24-8-17-32-30(22-24)31(23-33(37-32)26-6-4-3-5-7-26)34(38)36-27-11-15-29(16-12-27)40-21-20-35-19-18-25-9-13-28(39-2)14-10-25/h3-17,22-23,35H,18-21H2,1-2H3,(H,36,38). The molecule has 0 aliphatic carbocycles. The molecule has 0 saturated carbocycles. The molecule has 6 heteroatoms. The Bertz CT molecular complexity index is 1570. The number of hydrogen-bond donors (Lipinski definition) is 2. The van der Waals surface area contributed by atoms with Crippen molar-refractivity contribution in [3.05, 3.63) is 120 Å². The van der Waals surface area contributed by atoms with Crippen molar-refractivity contribution >= 4 is 22.5 Å². The zero-order valence-electron chi connectivity index (χ0n) is 22.8. The molecule has 2 N–H and O–H groups in total. The van der Waals surface area contributed by atoms with E-state index >= 15 is 0 Å². The van der Waals surface area contributed by atoms with E-state index in [1.807, 2.05) is 97.9 Å². The second-order valence-electron chi connectivity index (χ2n) is 9.62. The van der Waals surface area contributed by atoms with Gasteiger partial charge in [0.15, 0.2) is 0 Å². The molecule has 202 valence electrons. The van der Waals surface area contributed by atoms with Crippen LogP contribution in [0.15, 0.2) is 103 Å². The largest absolute Gasteiger partial charge is 0.497 e. The van der Waals surface area contributed by atoms with Gasteiger partial charge in [-0.2, -0.15) is 0 Å². The summed E-state index contributed by atoms with van der Waals surface area (Å²) in [4.78, 5) is 18.2. The Morgan fingerprint density at radius 1 is 0.825 bits per heavy atom. The van der Waals surface area contributed by atoms with Crippen LogP contribution in [0.3, 0.4) is 0 Å². The van der Waals surface area contributed by atoms with Gasteiger partial charge < -0.3 is 20.1 Å². The summed E-state index contributed by atoms with van der Waals surface area (Å²) in [6.07, 6.45) is 0.942. The van der Waals surface area contributed by atoms with Crippen LogP contribution in [0.5, 0.6) is 11.5 Å². The van der Waals surface area contributed by atoms with Crippen LogP contribution in [0, 0.1) is 6.92 Å². The van der Waals surface area contributed by atoms with Crippen molar-refractivity contribution in [3.8, 4) is 22.8 Å². The highest BCUT2D eigenvalue weighted by Crippen LogP contribution is 2.27. The van der Waals surface area contributed by atoms with Crippen LogP contribution >= 0.6 is 0 Å². The average Bonchev–Trinajstić information content (AvgIpc) is 3.00. The van der Waals surface area contributed by atoms with E-state index in [1.165, 1.54) is 5.56 Å². The number of carbonyl (C=O) groups excluding carboxylic acids is 1. The Morgan fingerprint density at radius 3 is 2.33 bits per heavy atom. The van der Waals surface area contributed by atoms with Crippen molar-refractivity contribution in [1.82, 2.24) is 10.3 Å². The fourth-order valence-electron chi connectivity index (χ4n) is 4.51. The highest BCUT2D eigenvalue weighted by atomic mass is 16.5. The summed E-state index contributed by atoms with van der Waals surface area (Å²) < 4.78 is 11.1. The predicted octanol–water partition coefficient (Wildman–Crippen LogP) is 6.68. The van der Waals surface area contributed by atoms with Crippen molar-refractivity contribution < 1.29 is 14.3 Å². The number of benzene rings is 4. The highest BCUT2D eigenvalue weighted by Gasteiger charge is 2.15. The van der Waals surface area contributed by atoms with Crippen LogP contribution in [0.1, 0.15) is 21.5 Å². The zero-order valence-corrected chi connectivity index (χ0v) is 22.8. The molecule has 0 unspecified atom stereocenters. The van der Waals surface area contributed by atoms with Gasteiger partial charge in [-0.3, -0.25) is 4.79 Å². The second-order valence-corrected chi connectivity index (χ2v) is 9.62. The first-order valence-corrected chi connectivity index (χ1v) is 13.4. The molecule has 0 aliphatic heterocycles. The molecule has 0 saturated heterocycles. The molecule has 0 atom stereocenters. The molecule has 4 aromatic carbocycles. The molecular weight excluding hydrogens is 498 g/mol. The predicted molar refractivity (Wildman–Crippen MR) is 161 cm³/mol. The molecule has 5 aromatic rings. The van der Waals surface area contributed by atoms with E-state index in [4.69, 9.17) is 14.5 Å². The maximum Gasteiger partial charge on any atom is 0.256 e. The normalized spacial score (nSPS) is 10.8. The molecule has 6 nitrogen and oxygen atoms in total. The molecule has 40 heavy (non-hydrogen) atoms. The number of nitrogens with one attached hydrogen (secondary N) is 2. The number of amides is 1. The minimum absolute atomic E-state index is 0.176. The van der Waals surface area contributed by atoms with E-state index in [2.05, 4.69) is 22.8 Å². The van der Waals surface area contributed by atoms with Crippen LogP contribution < -0.4 is 20.1 Å². The van der Waals surface area contributed by atoms with Crippen molar-refractivity contribution in [2.24, 2.45) is 0 Å². The molecule has 0 fully saturated rings. The summed E-state index contributed by atoms with van der Waals surface area (Å²) in [6, 6.07) is 33.3. The Morgan fingerprint density at radius 2 is 1.57 bits per heavy atom. The topological polar surface area (TPSA) is 72.5 Å². The molecule has 0 radical (unpaired) electrons. The number of carbonyl (C=O) groups is 1. The third-order valence-electron chi connectivity index (χ3n) is 6.69. The van der Waals surface area contributed by atoms with Gasteiger partial charge in [-0.1, -0.05) is 54.1 Å². The van der Waals surface area contributed by atoms with Gasteiger partial charge >= 0.3 is 0 Å². The number of nitrogens with zero attached hydrogens (tertiary/aromatic N) is 1. The van der Waals surface area contributed by atoms with E-state index < -0.39 is 0 Å². The van der Waals surface area contributed by atoms with E-state index in [1.54, 1.807) is 7.11 Å². The van der Waals surface area contributed by atoms with Crippen molar-refractivity contribution in [2.75, 3.05) is 32.1 Å². The maximum atomic E-state index is 13.4. The summed E-state index contributed by atoms with van der Waals surface area (Å²) in [5.74, 6) is 1.45. The zero-order chi connectivity index (χ0) is 27.7. The molecule has 1 heterocycles. The molecule has 1 aromatic heterocycles. The third kappa shape index (κ3) is 6.84. The Kier molecular flexibility index (Phi) is 8.69. The van der Waals surface area contributed by atoms with E-state index in [0.717, 1.165) is 58.7 Å². The van der Waals surface area contributed by atoms with Crippen LogP contribution in [-0.2, 0) is 6.42 Å². The molecule has 0 aliphatic rings. The fourth-order valence-corrected chi connectivity index (χ4v) is 4.51. The smallest absolute Gasteiger partial charge is 0.256 e. The van der Waals surface area contributed by atoms with Crippen molar-refractivity contribution in [1.29, 1.82) is 0 Å². The number of rotatable bonds is 11. The van der Waals surface area contributed by atoms with Crippen LogP contribution in [0.2, 0.25) is 0 Å². The van der Waals surface area contributed by atoms with Gasteiger partial charge in [-0.25, -0.2) is 4.98 Å². The third-order valence-corrected chi connectivity index (χ3v) is 6.69. The number of aryl methyl sites for hydroxylation is 1. The Hall–Kier alpha value is -4.68. The lowest BCUT2D eigenvalue weighted by atomic mass is 10.0. The minimum atomic E-state index is -0.176. The van der Waals surface area contributed by atoms with Crippen LogP contribution in [-0.4, -0.2) is 37.7 Å². The van der Waals surface area contributed by atoms with Crippen molar-refractivity contribution in [2.45, 2.75) is 13.3 Å². The van der Waals surface area contributed by atoms with Crippen molar-refractivity contribution in [3.63, 3.8) is 0 Å². The van der Waals surface area contributed by atoms with E-state index in [-0.39, 0.29) is 5.91 Å². The molecule has 1 amide bonds. The van der Waals surface area contributed by atoms with Gasteiger partial charge in [0.05, 0.1) is 23.9 Å². The lowest BCUT2D eigenvalue weighted by Crippen LogP contribution is -2.23. The molecule has 0 spiro atoms. The first-order chi connectivity index (χ1) is 19.6. The summed E-state index contributed by atoms with van der Waals surface area (Å²) in [5.41, 5.74) is 6.16. The van der Waals surface area contributed by atoms with Crippen LogP contribution in [0.4, 0.5) is 5.69 Å². The van der Waals surface area contributed by atoms with E-state index in [0.29, 0.717) is 17.9 Å². The quantitative estimate of drug-likeness (QED) is 0.186. The highest BCUT2D eigenvalue weighted by molar-refractivity contribution is 6.13. The molecular formula is C34H33N3O3.